The first-order chi connectivity index (χ1) is 17.0. The van der Waals surface area contributed by atoms with Crippen molar-refractivity contribution in [3.63, 3.8) is 0 Å². The Morgan fingerprint density at radius 1 is 1.06 bits per heavy atom. The van der Waals surface area contributed by atoms with Crippen LogP contribution in [0.25, 0.3) is 22.6 Å². The molecule has 0 aliphatic rings. The van der Waals surface area contributed by atoms with Crippen molar-refractivity contribution in [2.75, 3.05) is 30.3 Å². The van der Waals surface area contributed by atoms with E-state index in [-0.39, 0.29) is 17.9 Å². The lowest BCUT2D eigenvalue weighted by molar-refractivity contribution is -0.385. The van der Waals surface area contributed by atoms with E-state index in [2.05, 4.69) is 46.2 Å². The lowest BCUT2D eigenvalue weighted by Crippen LogP contribution is -2.17. The molecule has 0 atom stereocenters. The predicted molar refractivity (Wildman–Crippen MR) is 124 cm³/mol. The number of aromatic nitrogens is 7. The van der Waals surface area contributed by atoms with Gasteiger partial charge < -0.3 is 15.4 Å². The van der Waals surface area contributed by atoms with E-state index in [1.54, 1.807) is 19.1 Å². The number of hydrogen-bond donors (Lipinski definition) is 3. The van der Waals surface area contributed by atoms with E-state index in [9.17, 15) is 14.9 Å². The van der Waals surface area contributed by atoms with Crippen LogP contribution in [0.5, 0.6) is 0 Å². The lowest BCUT2D eigenvalue weighted by Gasteiger charge is -2.12. The number of H-pyrrole nitrogens is 1. The number of nitrogens with one attached hydrogen (secondary N) is 3. The van der Waals surface area contributed by atoms with E-state index in [0.29, 0.717) is 41.9 Å². The number of benzene rings is 1. The number of esters is 1. The second-order valence-corrected chi connectivity index (χ2v) is 7.02. The van der Waals surface area contributed by atoms with Crippen molar-refractivity contribution in [3.05, 3.63) is 64.5 Å². The van der Waals surface area contributed by atoms with Gasteiger partial charge in [-0.2, -0.15) is 0 Å². The van der Waals surface area contributed by atoms with Crippen LogP contribution in [0.4, 0.5) is 17.5 Å². The minimum Gasteiger partial charge on any atom is -0.462 e. The second-order valence-electron chi connectivity index (χ2n) is 7.02. The quantitative estimate of drug-likeness (QED) is 0.131. The van der Waals surface area contributed by atoms with Crippen molar-refractivity contribution in [1.82, 2.24) is 35.6 Å². The Hall–Kier alpha value is -5.01. The SMILES string of the molecule is CCOC(=O)c1cnc(NCCNc2ccc([N+](=O)[O-])cn2)nc1-c1ccc(-c2nnn[nH]2)cc1. The third kappa shape index (κ3) is 5.68. The van der Waals surface area contributed by atoms with Crippen molar-refractivity contribution >= 4 is 23.4 Å². The largest absolute Gasteiger partial charge is 0.462 e. The Kier molecular flexibility index (Phi) is 7.11. The number of pyridine rings is 1. The summed E-state index contributed by atoms with van der Waals surface area (Å²) < 4.78 is 5.15. The van der Waals surface area contributed by atoms with Gasteiger partial charge in [-0.25, -0.2) is 24.8 Å². The fourth-order valence-electron chi connectivity index (χ4n) is 3.08. The topological polar surface area (TPSA) is 187 Å². The highest BCUT2D eigenvalue weighted by Gasteiger charge is 2.18. The molecule has 3 N–H and O–H groups in total. The molecule has 0 saturated heterocycles. The first-order valence-electron chi connectivity index (χ1n) is 10.5. The van der Waals surface area contributed by atoms with E-state index < -0.39 is 10.9 Å². The number of aromatic amines is 1. The maximum absolute atomic E-state index is 12.5. The van der Waals surface area contributed by atoms with Gasteiger partial charge in [0.15, 0.2) is 5.82 Å². The van der Waals surface area contributed by atoms with Crippen molar-refractivity contribution in [2.24, 2.45) is 0 Å². The molecule has 0 aliphatic carbocycles. The molecule has 0 bridgehead atoms. The van der Waals surface area contributed by atoms with Crippen molar-refractivity contribution in [1.29, 1.82) is 0 Å². The van der Waals surface area contributed by atoms with Gasteiger partial charge in [0.05, 0.1) is 17.2 Å². The van der Waals surface area contributed by atoms with Crippen molar-refractivity contribution in [3.8, 4) is 22.6 Å². The van der Waals surface area contributed by atoms with Crippen LogP contribution in [-0.2, 0) is 4.74 Å². The third-order valence-corrected chi connectivity index (χ3v) is 4.73. The standard InChI is InChI=1S/C21H20N10O4/c1-2-35-20(32)16-12-25-21(23-10-9-22-17-8-7-15(11-24-17)31(33)34)26-18(16)13-3-5-14(6-4-13)19-27-29-30-28-19/h3-8,11-12H,2,9-10H2,1H3,(H,22,24)(H,23,25,26)(H,27,28,29,30). The summed E-state index contributed by atoms with van der Waals surface area (Å²) in [6.45, 7) is 2.82. The molecular formula is C21H20N10O4. The number of hydrogen-bond acceptors (Lipinski definition) is 12. The van der Waals surface area contributed by atoms with E-state index in [1.165, 1.54) is 24.5 Å². The number of rotatable bonds is 10. The molecule has 14 heteroatoms. The molecule has 3 aromatic heterocycles. The highest BCUT2D eigenvalue weighted by Crippen LogP contribution is 2.25. The number of carbonyl (C=O) groups excluding carboxylic acids is 1. The second kappa shape index (κ2) is 10.7. The molecule has 0 radical (unpaired) electrons. The normalized spacial score (nSPS) is 10.5. The summed E-state index contributed by atoms with van der Waals surface area (Å²) in [7, 11) is 0. The summed E-state index contributed by atoms with van der Waals surface area (Å²) >= 11 is 0. The summed E-state index contributed by atoms with van der Waals surface area (Å²) in [4.78, 5) is 35.4. The van der Waals surface area contributed by atoms with Crippen LogP contribution in [0.3, 0.4) is 0 Å². The molecule has 4 rings (SSSR count). The van der Waals surface area contributed by atoms with E-state index in [0.717, 1.165) is 5.56 Å². The summed E-state index contributed by atoms with van der Waals surface area (Å²) in [5.74, 6) is 0.805. The minimum absolute atomic E-state index is 0.0816. The molecule has 3 heterocycles. The minimum atomic E-state index is -0.525. The number of nitro groups is 1. The van der Waals surface area contributed by atoms with Crippen LogP contribution < -0.4 is 10.6 Å². The Morgan fingerprint density at radius 3 is 2.49 bits per heavy atom. The number of carbonyl (C=O) groups is 1. The molecule has 35 heavy (non-hydrogen) atoms. The molecule has 0 spiro atoms. The Labute approximate surface area is 198 Å². The molecule has 1 aromatic carbocycles. The molecule has 4 aromatic rings. The highest BCUT2D eigenvalue weighted by molar-refractivity contribution is 5.96. The zero-order chi connectivity index (χ0) is 24.6. The highest BCUT2D eigenvalue weighted by atomic mass is 16.6. The van der Waals surface area contributed by atoms with E-state index in [1.807, 2.05) is 12.1 Å². The molecule has 0 fully saturated rings. The molecule has 0 saturated carbocycles. The van der Waals surface area contributed by atoms with E-state index in [4.69, 9.17) is 4.74 Å². The van der Waals surface area contributed by atoms with Gasteiger partial charge in [0.2, 0.25) is 5.95 Å². The number of ether oxygens (including phenoxy) is 1. The van der Waals surface area contributed by atoms with Gasteiger partial charge in [-0.05, 0) is 23.4 Å². The first kappa shape index (κ1) is 23.2. The van der Waals surface area contributed by atoms with Crippen LogP contribution in [0.15, 0.2) is 48.8 Å². The zero-order valence-corrected chi connectivity index (χ0v) is 18.5. The monoisotopic (exact) mass is 476 g/mol. The zero-order valence-electron chi connectivity index (χ0n) is 18.5. The van der Waals surface area contributed by atoms with Crippen LogP contribution in [0.2, 0.25) is 0 Å². The average Bonchev–Trinajstić information content (AvgIpc) is 3.42. The summed E-state index contributed by atoms with van der Waals surface area (Å²) in [6, 6.07) is 10.1. The fourth-order valence-corrected chi connectivity index (χ4v) is 3.08. The van der Waals surface area contributed by atoms with Gasteiger partial charge in [0.1, 0.15) is 17.6 Å². The summed E-state index contributed by atoms with van der Waals surface area (Å²) in [6.07, 6.45) is 2.60. The summed E-state index contributed by atoms with van der Waals surface area (Å²) in [5, 5.41) is 30.6. The van der Waals surface area contributed by atoms with Crippen LogP contribution >= 0.6 is 0 Å². The smallest absolute Gasteiger partial charge is 0.341 e. The Bertz CT molecular complexity index is 1290. The Balaban J connectivity index is 1.47. The number of nitrogens with zero attached hydrogens (tertiary/aromatic N) is 7. The first-order valence-corrected chi connectivity index (χ1v) is 10.5. The van der Waals surface area contributed by atoms with Crippen LogP contribution in [0.1, 0.15) is 17.3 Å². The maximum Gasteiger partial charge on any atom is 0.341 e. The van der Waals surface area contributed by atoms with Gasteiger partial charge in [-0.3, -0.25) is 10.1 Å². The average molecular weight is 476 g/mol. The third-order valence-electron chi connectivity index (χ3n) is 4.73. The Morgan fingerprint density at radius 2 is 1.83 bits per heavy atom. The van der Waals surface area contributed by atoms with Gasteiger partial charge in [-0.1, -0.05) is 24.3 Å². The molecule has 0 amide bonds. The van der Waals surface area contributed by atoms with Crippen molar-refractivity contribution < 1.29 is 14.5 Å². The summed E-state index contributed by atoms with van der Waals surface area (Å²) in [5.41, 5.74) is 2.02. The van der Waals surface area contributed by atoms with Gasteiger partial charge in [-0.15, -0.1) is 5.10 Å². The van der Waals surface area contributed by atoms with Gasteiger partial charge >= 0.3 is 5.97 Å². The molecule has 0 unspecified atom stereocenters. The van der Waals surface area contributed by atoms with Crippen molar-refractivity contribution in [2.45, 2.75) is 6.92 Å². The molecule has 178 valence electrons. The number of tetrazole rings is 1. The fraction of sp³-hybridized carbons (Fsp3) is 0.190. The van der Waals surface area contributed by atoms with E-state index >= 15 is 0 Å². The van der Waals surface area contributed by atoms with Gasteiger partial charge in [0, 0.05) is 36.5 Å². The van der Waals surface area contributed by atoms with Gasteiger partial charge in [0.25, 0.3) is 5.69 Å². The molecule has 0 aliphatic heterocycles. The predicted octanol–water partition coefficient (Wildman–Crippen LogP) is 2.33. The van der Waals surface area contributed by atoms with Crippen LogP contribution in [0, 0.1) is 10.1 Å². The molecular weight excluding hydrogens is 456 g/mol. The maximum atomic E-state index is 12.5. The lowest BCUT2D eigenvalue weighted by atomic mass is 10.0. The molecule has 14 nitrogen and oxygen atoms in total. The van der Waals surface area contributed by atoms with Crippen LogP contribution in [-0.4, -0.2) is 66.2 Å². The number of anilines is 2.